The van der Waals surface area contributed by atoms with Crippen LogP contribution in [0.1, 0.15) is 29.6 Å². The van der Waals surface area contributed by atoms with E-state index >= 15 is 0 Å². The molecule has 22 heavy (non-hydrogen) atoms. The summed E-state index contributed by atoms with van der Waals surface area (Å²) in [5.41, 5.74) is 1.39. The molecule has 7 nitrogen and oxygen atoms in total. The molecule has 2 aromatic rings. The summed E-state index contributed by atoms with van der Waals surface area (Å²) in [6, 6.07) is 8.15. The fourth-order valence-corrected chi connectivity index (χ4v) is 3.58. The van der Waals surface area contributed by atoms with Gasteiger partial charge in [-0.1, -0.05) is 12.1 Å². The second-order valence-corrected chi connectivity index (χ2v) is 5.86. The van der Waals surface area contributed by atoms with E-state index < -0.39 is 0 Å². The number of fused-ring (bicyclic) bond motifs is 2. The summed E-state index contributed by atoms with van der Waals surface area (Å²) in [4.78, 5) is 15.2. The maximum Gasteiger partial charge on any atom is 0.256 e. The van der Waals surface area contributed by atoms with Crippen LogP contribution in [-0.2, 0) is 0 Å². The molecule has 0 saturated carbocycles. The molecule has 2 unspecified atom stereocenters. The summed E-state index contributed by atoms with van der Waals surface area (Å²) in [7, 11) is 0. The van der Waals surface area contributed by atoms with Gasteiger partial charge >= 0.3 is 0 Å². The number of nitrogens with zero attached hydrogens (tertiary/aromatic N) is 5. The normalized spacial score (nSPS) is 24.3. The Labute approximate surface area is 128 Å². The van der Waals surface area contributed by atoms with E-state index in [1.807, 2.05) is 24.3 Å². The Bertz CT molecular complexity index is 656. The molecule has 1 amide bonds. The Morgan fingerprint density at radius 2 is 2.05 bits per heavy atom. The fourth-order valence-electron chi connectivity index (χ4n) is 3.58. The molecule has 0 spiro atoms. The molecule has 4 rings (SSSR count). The van der Waals surface area contributed by atoms with E-state index in [0.717, 1.165) is 38.0 Å². The highest BCUT2D eigenvalue weighted by Gasteiger charge is 2.38. The second-order valence-electron chi connectivity index (χ2n) is 5.86. The van der Waals surface area contributed by atoms with E-state index in [-0.39, 0.29) is 5.91 Å². The monoisotopic (exact) mass is 298 g/mol. The number of hydrogen-bond acceptors (Lipinski definition) is 5. The Morgan fingerprint density at radius 1 is 1.18 bits per heavy atom. The van der Waals surface area contributed by atoms with Gasteiger partial charge in [0.1, 0.15) is 6.33 Å². The van der Waals surface area contributed by atoms with Crippen molar-refractivity contribution in [2.24, 2.45) is 0 Å². The lowest BCUT2D eigenvalue weighted by atomic mass is 10.1. The highest BCUT2D eigenvalue weighted by molar-refractivity contribution is 5.98. The number of carbonyl (C=O) groups is 1. The van der Waals surface area contributed by atoms with Crippen LogP contribution in [0.3, 0.4) is 0 Å². The van der Waals surface area contributed by atoms with Crippen LogP contribution in [0, 0.1) is 0 Å². The summed E-state index contributed by atoms with van der Waals surface area (Å²) in [5.74, 6) is 0.0855. The van der Waals surface area contributed by atoms with Crippen LogP contribution < -0.4 is 5.32 Å². The molecule has 2 atom stereocenters. The number of aromatic nitrogens is 4. The van der Waals surface area contributed by atoms with Gasteiger partial charge in [-0.2, -0.15) is 4.68 Å². The van der Waals surface area contributed by atoms with Gasteiger partial charge in [0.15, 0.2) is 0 Å². The highest BCUT2D eigenvalue weighted by atomic mass is 16.2. The quantitative estimate of drug-likeness (QED) is 0.880. The topological polar surface area (TPSA) is 75.9 Å². The largest absolute Gasteiger partial charge is 0.331 e. The molecular formula is C15H18N6O. The number of carbonyl (C=O) groups excluding carboxylic acids is 1. The average Bonchev–Trinajstić information content (AvgIpc) is 3.14. The molecule has 2 fully saturated rings. The van der Waals surface area contributed by atoms with Gasteiger partial charge in [-0.15, -0.1) is 5.10 Å². The summed E-state index contributed by atoms with van der Waals surface area (Å²) in [6.07, 6.45) is 4.72. The van der Waals surface area contributed by atoms with E-state index in [0.29, 0.717) is 17.6 Å². The Hall–Kier alpha value is -2.28. The first-order chi connectivity index (χ1) is 10.8. The number of benzene rings is 1. The minimum absolute atomic E-state index is 0.0855. The highest BCUT2D eigenvalue weighted by Crippen LogP contribution is 2.30. The maximum absolute atomic E-state index is 13.1. The maximum atomic E-state index is 13.1. The number of nitrogens with one attached hydrogen (secondary N) is 1. The second kappa shape index (κ2) is 5.49. The number of hydrogen-bond donors (Lipinski definition) is 1. The van der Waals surface area contributed by atoms with Gasteiger partial charge in [0.05, 0.1) is 11.3 Å². The lowest BCUT2D eigenvalue weighted by Crippen LogP contribution is -2.42. The molecule has 1 N–H and O–H groups in total. The van der Waals surface area contributed by atoms with Gasteiger partial charge in [-0.25, -0.2) is 0 Å². The Morgan fingerprint density at radius 3 is 2.91 bits per heavy atom. The minimum Gasteiger partial charge on any atom is -0.331 e. The van der Waals surface area contributed by atoms with Gasteiger partial charge in [0, 0.05) is 18.6 Å². The molecule has 2 aliphatic rings. The first-order valence-electron chi connectivity index (χ1n) is 7.70. The van der Waals surface area contributed by atoms with Crippen molar-refractivity contribution in [3.05, 3.63) is 36.2 Å². The molecule has 1 aromatic carbocycles. The molecular weight excluding hydrogens is 280 g/mol. The van der Waals surface area contributed by atoms with E-state index in [4.69, 9.17) is 0 Å². The van der Waals surface area contributed by atoms with Crippen molar-refractivity contribution in [1.82, 2.24) is 30.4 Å². The van der Waals surface area contributed by atoms with Gasteiger partial charge in [0.2, 0.25) is 0 Å². The van der Waals surface area contributed by atoms with Crippen LogP contribution in [-0.4, -0.2) is 56.2 Å². The Kier molecular flexibility index (Phi) is 3.34. The van der Waals surface area contributed by atoms with Crippen LogP contribution in [0.4, 0.5) is 0 Å². The zero-order chi connectivity index (χ0) is 14.9. The molecule has 114 valence electrons. The Balaban J connectivity index is 1.72. The number of para-hydroxylation sites is 1. The standard InChI is InChI=1S/C15H18N6O/c22-15(21-11-5-6-12(21)9-16-8-7-11)13-3-1-2-4-14(13)20-10-17-18-19-20/h1-4,10-12,16H,5-9H2. The average molecular weight is 298 g/mol. The summed E-state index contributed by atoms with van der Waals surface area (Å²) < 4.78 is 1.55. The van der Waals surface area contributed by atoms with Crippen molar-refractivity contribution in [2.45, 2.75) is 31.3 Å². The van der Waals surface area contributed by atoms with E-state index in [9.17, 15) is 4.79 Å². The summed E-state index contributed by atoms with van der Waals surface area (Å²) in [6.45, 7) is 1.87. The smallest absolute Gasteiger partial charge is 0.256 e. The first-order valence-corrected chi connectivity index (χ1v) is 7.70. The van der Waals surface area contributed by atoms with Crippen molar-refractivity contribution >= 4 is 5.91 Å². The molecule has 0 aliphatic carbocycles. The predicted molar refractivity (Wildman–Crippen MR) is 79.6 cm³/mol. The van der Waals surface area contributed by atoms with Crippen LogP contribution in [0.25, 0.3) is 5.69 Å². The SMILES string of the molecule is O=C(c1ccccc1-n1cnnn1)N1C2CCNCC1CC2. The predicted octanol–water partition coefficient (Wildman–Crippen LogP) is 0.629. The van der Waals surface area contributed by atoms with E-state index in [1.165, 1.54) is 6.33 Å². The van der Waals surface area contributed by atoms with Crippen molar-refractivity contribution in [2.75, 3.05) is 13.1 Å². The number of rotatable bonds is 2. The van der Waals surface area contributed by atoms with Crippen LogP contribution in [0.5, 0.6) is 0 Å². The van der Waals surface area contributed by atoms with Crippen molar-refractivity contribution in [3.63, 3.8) is 0 Å². The van der Waals surface area contributed by atoms with Crippen LogP contribution in [0.2, 0.25) is 0 Å². The zero-order valence-electron chi connectivity index (χ0n) is 12.2. The van der Waals surface area contributed by atoms with Gasteiger partial charge in [0.25, 0.3) is 5.91 Å². The number of tetrazole rings is 1. The molecule has 2 aliphatic heterocycles. The third kappa shape index (κ3) is 2.18. The lowest BCUT2D eigenvalue weighted by Gasteiger charge is -2.28. The van der Waals surface area contributed by atoms with Crippen molar-refractivity contribution in [3.8, 4) is 5.69 Å². The minimum atomic E-state index is 0.0855. The van der Waals surface area contributed by atoms with E-state index in [2.05, 4.69) is 25.7 Å². The third-order valence-corrected chi connectivity index (χ3v) is 4.62. The molecule has 2 saturated heterocycles. The summed E-state index contributed by atoms with van der Waals surface area (Å²) in [5, 5.41) is 14.7. The molecule has 1 aromatic heterocycles. The first kappa shape index (κ1) is 13.4. The van der Waals surface area contributed by atoms with Crippen LogP contribution >= 0.6 is 0 Å². The molecule has 7 heteroatoms. The summed E-state index contributed by atoms with van der Waals surface area (Å²) >= 11 is 0. The van der Waals surface area contributed by atoms with Gasteiger partial charge in [-0.05, 0) is 48.4 Å². The number of amides is 1. The molecule has 0 radical (unpaired) electrons. The van der Waals surface area contributed by atoms with Crippen molar-refractivity contribution in [1.29, 1.82) is 0 Å². The van der Waals surface area contributed by atoms with Gasteiger partial charge < -0.3 is 10.2 Å². The molecule has 3 heterocycles. The van der Waals surface area contributed by atoms with Crippen molar-refractivity contribution < 1.29 is 4.79 Å². The fraction of sp³-hybridized carbons (Fsp3) is 0.467. The molecule has 2 bridgehead atoms. The third-order valence-electron chi connectivity index (χ3n) is 4.62. The lowest BCUT2D eigenvalue weighted by molar-refractivity contribution is 0.0680. The van der Waals surface area contributed by atoms with E-state index in [1.54, 1.807) is 4.68 Å². The van der Waals surface area contributed by atoms with Crippen LogP contribution in [0.15, 0.2) is 30.6 Å². The zero-order valence-corrected chi connectivity index (χ0v) is 12.2. The van der Waals surface area contributed by atoms with Gasteiger partial charge in [-0.3, -0.25) is 4.79 Å².